The van der Waals surface area contributed by atoms with Gasteiger partial charge in [0.2, 0.25) is 0 Å². The van der Waals surface area contributed by atoms with Crippen LogP contribution in [0.1, 0.15) is 11.3 Å². The predicted octanol–water partition coefficient (Wildman–Crippen LogP) is 0.813. The van der Waals surface area contributed by atoms with Crippen molar-refractivity contribution in [1.29, 1.82) is 0 Å². The van der Waals surface area contributed by atoms with Gasteiger partial charge in [-0.1, -0.05) is 5.16 Å². The van der Waals surface area contributed by atoms with Gasteiger partial charge in [-0.3, -0.25) is 4.79 Å². The summed E-state index contributed by atoms with van der Waals surface area (Å²) in [5, 5.41) is 3.56. The second-order valence-corrected chi connectivity index (χ2v) is 2.19. The minimum absolute atomic E-state index is 0.107. The monoisotopic (exact) mass is 135 g/mol. The summed E-state index contributed by atoms with van der Waals surface area (Å²) in [5.41, 5.74) is 0.882. The van der Waals surface area contributed by atoms with Crippen LogP contribution in [0.15, 0.2) is 16.8 Å². The fourth-order valence-electron chi connectivity index (χ4n) is 0.954. The normalized spacial score (nSPS) is 15.4. The van der Waals surface area contributed by atoms with E-state index in [0.29, 0.717) is 12.2 Å². The summed E-state index contributed by atoms with van der Waals surface area (Å²) < 4.78 is 4.82. The van der Waals surface area contributed by atoms with E-state index in [2.05, 4.69) is 5.16 Å². The molecule has 0 amide bonds. The average molecular weight is 135 g/mol. The number of fused-ring (bicyclic) bond motifs is 1. The first-order valence-electron chi connectivity index (χ1n) is 3.01. The van der Waals surface area contributed by atoms with Gasteiger partial charge in [-0.2, -0.15) is 0 Å². The van der Waals surface area contributed by atoms with Crippen molar-refractivity contribution < 1.29 is 9.32 Å². The summed E-state index contributed by atoms with van der Waals surface area (Å²) in [6.45, 7) is 0. The lowest BCUT2D eigenvalue weighted by Crippen LogP contribution is -2.02. The maximum absolute atomic E-state index is 10.8. The van der Waals surface area contributed by atoms with Crippen molar-refractivity contribution in [3.63, 3.8) is 0 Å². The van der Waals surface area contributed by atoms with Crippen molar-refractivity contribution in [3.05, 3.63) is 23.6 Å². The highest BCUT2D eigenvalue weighted by molar-refractivity contribution is 5.97. The Morgan fingerprint density at radius 3 is 3.30 bits per heavy atom. The predicted molar refractivity (Wildman–Crippen MR) is 34.2 cm³/mol. The lowest BCUT2D eigenvalue weighted by Gasteiger charge is -1.97. The van der Waals surface area contributed by atoms with Crippen LogP contribution >= 0.6 is 0 Å². The molecule has 3 nitrogen and oxygen atoms in total. The molecule has 1 aromatic heterocycles. The molecular weight excluding hydrogens is 130 g/mol. The molecule has 0 saturated carbocycles. The summed E-state index contributed by atoms with van der Waals surface area (Å²) in [7, 11) is 0. The summed E-state index contributed by atoms with van der Waals surface area (Å²) in [6, 6.07) is 0. The number of nitrogens with zero attached hydrogens (tertiary/aromatic N) is 1. The molecule has 0 fully saturated rings. The zero-order valence-electron chi connectivity index (χ0n) is 5.20. The number of rotatable bonds is 0. The largest absolute Gasteiger partial charge is 0.357 e. The van der Waals surface area contributed by atoms with Gasteiger partial charge in [-0.25, -0.2) is 0 Å². The molecule has 0 radical (unpaired) electrons. The van der Waals surface area contributed by atoms with Crippen LogP contribution in [0.5, 0.6) is 0 Å². The van der Waals surface area contributed by atoms with E-state index in [1.54, 1.807) is 12.3 Å². The highest BCUT2D eigenvalue weighted by Crippen LogP contribution is 2.15. The summed E-state index contributed by atoms with van der Waals surface area (Å²) >= 11 is 0. The van der Waals surface area contributed by atoms with E-state index >= 15 is 0 Å². The van der Waals surface area contributed by atoms with E-state index in [-0.39, 0.29) is 5.78 Å². The minimum Gasteiger partial charge on any atom is -0.357 e. The molecule has 0 saturated heterocycles. The molecule has 0 bridgehead atoms. The van der Waals surface area contributed by atoms with E-state index in [1.165, 1.54) is 6.08 Å². The molecule has 1 aromatic rings. The van der Waals surface area contributed by atoms with E-state index in [9.17, 15) is 4.79 Å². The van der Waals surface area contributed by atoms with E-state index < -0.39 is 0 Å². The Hall–Kier alpha value is -1.38. The fourth-order valence-corrected chi connectivity index (χ4v) is 0.954. The molecule has 0 aromatic carbocycles. The van der Waals surface area contributed by atoms with Crippen molar-refractivity contribution in [2.45, 2.75) is 6.42 Å². The van der Waals surface area contributed by atoms with Crippen LogP contribution in [0, 0.1) is 0 Å². The number of aromatic nitrogens is 1. The van der Waals surface area contributed by atoms with Crippen LogP contribution < -0.4 is 0 Å². The Morgan fingerprint density at radius 1 is 1.50 bits per heavy atom. The minimum atomic E-state index is 0.107. The van der Waals surface area contributed by atoms with Gasteiger partial charge in [-0.15, -0.1) is 0 Å². The molecule has 0 atom stereocenters. The number of allylic oxidation sites excluding steroid dienone is 1. The molecule has 0 N–H and O–H groups in total. The molecule has 1 aliphatic carbocycles. The maximum atomic E-state index is 10.8. The third kappa shape index (κ3) is 0.673. The topological polar surface area (TPSA) is 43.1 Å². The van der Waals surface area contributed by atoms with Gasteiger partial charge in [-0.05, 0) is 12.2 Å². The van der Waals surface area contributed by atoms with Gasteiger partial charge in [0, 0.05) is 12.0 Å². The molecule has 50 valence electrons. The summed E-state index contributed by atoms with van der Waals surface area (Å²) in [4.78, 5) is 10.8. The smallest absolute Gasteiger partial charge is 0.163 e. The Labute approximate surface area is 57.3 Å². The van der Waals surface area contributed by atoms with Crippen LogP contribution in [0.4, 0.5) is 0 Å². The van der Waals surface area contributed by atoms with Gasteiger partial charge in [0.25, 0.3) is 0 Å². The Morgan fingerprint density at radius 2 is 2.40 bits per heavy atom. The molecule has 1 heterocycles. The molecule has 0 unspecified atom stereocenters. The highest BCUT2D eigenvalue weighted by atomic mass is 16.5. The first-order valence-corrected chi connectivity index (χ1v) is 3.01. The second kappa shape index (κ2) is 1.80. The van der Waals surface area contributed by atoms with E-state index in [0.717, 1.165) is 5.56 Å². The zero-order valence-corrected chi connectivity index (χ0v) is 5.20. The third-order valence-corrected chi connectivity index (χ3v) is 1.46. The van der Waals surface area contributed by atoms with Crippen molar-refractivity contribution >= 4 is 11.9 Å². The zero-order chi connectivity index (χ0) is 6.97. The van der Waals surface area contributed by atoms with Crippen molar-refractivity contribution in [2.75, 3.05) is 0 Å². The fraction of sp³-hybridized carbons (Fsp3) is 0.143. The summed E-state index contributed by atoms with van der Waals surface area (Å²) in [6.07, 6.45) is 5.16. The molecule has 0 spiro atoms. The number of hydrogen-bond donors (Lipinski definition) is 0. The number of carbonyl (C=O) groups is 1. The number of hydrogen-bond acceptors (Lipinski definition) is 3. The number of carbonyl (C=O) groups excluding carboxylic acids is 1. The van der Waals surface area contributed by atoms with E-state index in [1.807, 2.05) is 0 Å². The van der Waals surface area contributed by atoms with Crippen LogP contribution in [0.2, 0.25) is 0 Å². The van der Waals surface area contributed by atoms with Gasteiger partial charge in [0.1, 0.15) is 0 Å². The molecule has 0 aliphatic heterocycles. The van der Waals surface area contributed by atoms with Crippen LogP contribution in [-0.2, 0) is 11.2 Å². The molecule has 10 heavy (non-hydrogen) atoms. The van der Waals surface area contributed by atoms with Crippen molar-refractivity contribution in [3.8, 4) is 0 Å². The molecule has 2 rings (SSSR count). The van der Waals surface area contributed by atoms with Crippen LogP contribution in [0.3, 0.4) is 0 Å². The van der Waals surface area contributed by atoms with Crippen LogP contribution in [-0.4, -0.2) is 10.9 Å². The van der Waals surface area contributed by atoms with E-state index in [4.69, 9.17) is 4.52 Å². The average Bonchev–Trinajstić information content (AvgIpc) is 2.33. The standard InChI is InChI=1S/C7H5NO2/c9-6-1-2-7-5(3-6)4-8-10-7/h1-2,4H,3H2. The lowest BCUT2D eigenvalue weighted by molar-refractivity contribution is -0.114. The first-order chi connectivity index (χ1) is 4.86. The highest BCUT2D eigenvalue weighted by Gasteiger charge is 2.12. The van der Waals surface area contributed by atoms with Crippen molar-refractivity contribution in [2.24, 2.45) is 0 Å². The second-order valence-electron chi connectivity index (χ2n) is 2.19. The maximum Gasteiger partial charge on any atom is 0.163 e. The Balaban J connectivity index is 2.52. The third-order valence-electron chi connectivity index (χ3n) is 1.46. The Kier molecular flexibility index (Phi) is 0.974. The van der Waals surface area contributed by atoms with Gasteiger partial charge in [0.15, 0.2) is 11.5 Å². The molecule has 1 aliphatic rings. The Bertz CT molecular complexity index is 298. The SMILES string of the molecule is O=C1C=Cc2oncc2C1. The van der Waals surface area contributed by atoms with Gasteiger partial charge >= 0.3 is 0 Å². The number of ketones is 1. The lowest BCUT2D eigenvalue weighted by atomic mass is 10.1. The quantitative estimate of drug-likeness (QED) is 0.528. The van der Waals surface area contributed by atoms with Crippen LogP contribution in [0.25, 0.3) is 6.08 Å². The first kappa shape index (κ1) is 5.41. The van der Waals surface area contributed by atoms with Gasteiger partial charge < -0.3 is 4.52 Å². The van der Waals surface area contributed by atoms with Gasteiger partial charge in [0.05, 0.1) is 6.20 Å². The molecule has 3 heteroatoms. The summed E-state index contributed by atoms with van der Waals surface area (Å²) in [5.74, 6) is 0.815. The molecular formula is C7H5NO2. The van der Waals surface area contributed by atoms with Crippen molar-refractivity contribution in [1.82, 2.24) is 5.16 Å².